The molecule has 200 valence electrons. The molecular weight excluding hydrogens is 482 g/mol. The molecule has 2 aromatic carbocycles. The van der Waals surface area contributed by atoms with Gasteiger partial charge in [-0.05, 0) is 70.0 Å². The zero-order valence-corrected chi connectivity index (χ0v) is 21.3. The van der Waals surface area contributed by atoms with E-state index in [9.17, 15) is 31.1 Å². The summed E-state index contributed by atoms with van der Waals surface area (Å²) in [7, 11) is 0. The monoisotopic (exact) mass is 516 g/mol. The van der Waals surface area contributed by atoms with Crippen LogP contribution in [0.2, 0.25) is 0 Å². The van der Waals surface area contributed by atoms with Crippen LogP contribution in [0.1, 0.15) is 85.6 Å². The largest absolute Gasteiger partial charge is 0.417 e. The molecule has 2 aromatic rings. The molecule has 0 radical (unpaired) electrons. The van der Waals surface area contributed by atoms with Crippen molar-refractivity contribution in [1.82, 2.24) is 10.2 Å². The van der Waals surface area contributed by atoms with Gasteiger partial charge in [-0.25, -0.2) is 0 Å². The maximum atomic E-state index is 13.7. The molecule has 1 aliphatic heterocycles. The van der Waals surface area contributed by atoms with Crippen molar-refractivity contribution in [2.45, 2.75) is 77.8 Å². The Hall–Kier alpha value is -2.55. The molecule has 0 bridgehead atoms. The van der Waals surface area contributed by atoms with Crippen molar-refractivity contribution in [2.24, 2.45) is 0 Å². The van der Waals surface area contributed by atoms with Crippen LogP contribution in [0.5, 0.6) is 0 Å². The van der Waals surface area contributed by atoms with Gasteiger partial charge in [0.2, 0.25) is 0 Å². The van der Waals surface area contributed by atoms with Gasteiger partial charge in [0, 0.05) is 5.54 Å². The van der Waals surface area contributed by atoms with Gasteiger partial charge in [-0.3, -0.25) is 9.69 Å². The Kier molecular flexibility index (Phi) is 9.62. The fourth-order valence-corrected chi connectivity index (χ4v) is 4.47. The van der Waals surface area contributed by atoms with Crippen molar-refractivity contribution in [1.29, 1.82) is 0 Å². The Labute approximate surface area is 208 Å². The lowest BCUT2D eigenvalue weighted by molar-refractivity contribution is -0.143. The van der Waals surface area contributed by atoms with E-state index >= 15 is 0 Å². The normalized spacial score (nSPS) is 15.8. The molecule has 1 atom stereocenters. The second kappa shape index (κ2) is 11.7. The van der Waals surface area contributed by atoms with Gasteiger partial charge >= 0.3 is 12.4 Å². The van der Waals surface area contributed by atoms with Crippen LogP contribution < -0.4 is 5.32 Å². The molecule has 0 spiro atoms. The molecule has 1 unspecified atom stereocenters. The first-order valence-corrected chi connectivity index (χ1v) is 12.0. The quantitative estimate of drug-likeness (QED) is 0.412. The summed E-state index contributed by atoms with van der Waals surface area (Å²) in [4.78, 5) is 15.4. The second-order valence-electron chi connectivity index (χ2n) is 9.58. The average Bonchev–Trinajstić information content (AvgIpc) is 3.32. The third-order valence-corrected chi connectivity index (χ3v) is 6.23. The predicted molar refractivity (Wildman–Crippen MR) is 129 cm³/mol. The minimum absolute atomic E-state index is 0.00501. The fraction of sp³-hybridized carbons (Fsp3) is 0.519. The van der Waals surface area contributed by atoms with Gasteiger partial charge < -0.3 is 5.32 Å². The van der Waals surface area contributed by atoms with Crippen molar-refractivity contribution in [3.8, 4) is 0 Å². The number of benzene rings is 2. The molecule has 0 aliphatic carbocycles. The van der Waals surface area contributed by atoms with E-state index in [0.29, 0.717) is 11.6 Å². The third kappa shape index (κ3) is 7.02. The molecule has 0 saturated carbocycles. The number of nitrogens with zero attached hydrogens (tertiary/aromatic N) is 1. The summed E-state index contributed by atoms with van der Waals surface area (Å²) >= 11 is 0. The number of carbonyl (C=O) groups is 1. The SMILES string of the molecule is CCC.Cc1cc(C(F)(F)F)cc(C(F)(F)F)c1C(=O)NC(c1ccccc1)C(C)(C)N1CCCC1. The highest BCUT2D eigenvalue weighted by Crippen LogP contribution is 2.40. The summed E-state index contributed by atoms with van der Waals surface area (Å²) in [5.41, 5.74) is -4.18. The zero-order chi connectivity index (χ0) is 27.3. The number of hydrogen-bond acceptors (Lipinski definition) is 2. The minimum atomic E-state index is -5.13. The van der Waals surface area contributed by atoms with Gasteiger partial charge in [0.25, 0.3) is 5.91 Å². The number of halogens is 6. The van der Waals surface area contributed by atoms with Crippen LogP contribution >= 0.6 is 0 Å². The number of nitrogens with one attached hydrogen (secondary N) is 1. The molecule has 1 amide bonds. The molecule has 1 N–H and O–H groups in total. The molecular formula is C27H34F6N2O. The minimum Gasteiger partial charge on any atom is -0.343 e. The van der Waals surface area contributed by atoms with Crippen LogP contribution in [0.3, 0.4) is 0 Å². The van der Waals surface area contributed by atoms with Crippen LogP contribution in [0.4, 0.5) is 26.3 Å². The molecule has 1 saturated heterocycles. The Bertz CT molecular complexity index is 1010. The van der Waals surface area contributed by atoms with Crippen LogP contribution in [0, 0.1) is 6.92 Å². The van der Waals surface area contributed by atoms with Crippen LogP contribution in [0.25, 0.3) is 0 Å². The average molecular weight is 517 g/mol. The Morgan fingerprint density at radius 2 is 1.47 bits per heavy atom. The van der Waals surface area contributed by atoms with Crippen molar-refractivity contribution in [2.75, 3.05) is 13.1 Å². The Morgan fingerprint density at radius 1 is 0.944 bits per heavy atom. The summed E-state index contributed by atoms with van der Waals surface area (Å²) in [6.45, 7) is 10.7. The van der Waals surface area contributed by atoms with Gasteiger partial charge in [-0.2, -0.15) is 26.3 Å². The number of hydrogen-bond donors (Lipinski definition) is 1. The molecule has 1 fully saturated rings. The van der Waals surface area contributed by atoms with E-state index in [-0.39, 0.29) is 11.6 Å². The van der Waals surface area contributed by atoms with Crippen molar-refractivity contribution >= 4 is 5.91 Å². The third-order valence-electron chi connectivity index (χ3n) is 6.23. The first kappa shape index (κ1) is 29.7. The van der Waals surface area contributed by atoms with Crippen molar-refractivity contribution < 1.29 is 31.1 Å². The number of alkyl halides is 6. The van der Waals surface area contributed by atoms with Crippen LogP contribution in [-0.2, 0) is 12.4 Å². The van der Waals surface area contributed by atoms with Gasteiger partial charge in [0.15, 0.2) is 0 Å². The van der Waals surface area contributed by atoms with Crippen molar-refractivity contribution in [3.63, 3.8) is 0 Å². The lowest BCUT2D eigenvalue weighted by Crippen LogP contribution is -2.53. The first-order chi connectivity index (χ1) is 16.6. The number of aryl methyl sites for hydroxylation is 1. The van der Waals surface area contributed by atoms with E-state index in [0.717, 1.165) is 32.9 Å². The molecule has 1 heterocycles. The predicted octanol–water partition coefficient (Wildman–Crippen LogP) is 7.79. The summed E-state index contributed by atoms with van der Waals surface area (Å²) in [5, 5.41) is 2.72. The van der Waals surface area contributed by atoms with E-state index in [1.54, 1.807) is 30.3 Å². The van der Waals surface area contributed by atoms with Crippen LogP contribution in [-0.4, -0.2) is 29.4 Å². The lowest BCUT2D eigenvalue weighted by atomic mass is 9.86. The van der Waals surface area contributed by atoms with Gasteiger partial charge in [0.1, 0.15) is 0 Å². The summed E-state index contributed by atoms with van der Waals surface area (Å²) < 4.78 is 80.7. The fourth-order valence-electron chi connectivity index (χ4n) is 4.47. The Morgan fingerprint density at radius 3 is 1.94 bits per heavy atom. The van der Waals surface area contributed by atoms with E-state index < -0.39 is 46.5 Å². The number of carbonyl (C=O) groups excluding carboxylic acids is 1. The topological polar surface area (TPSA) is 32.3 Å². The zero-order valence-electron chi connectivity index (χ0n) is 21.3. The highest BCUT2D eigenvalue weighted by atomic mass is 19.4. The van der Waals surface area contributed by atoms with Crippen LogP contribution in [0.15, 0.2) is 42.5 Å². The number of rotatable bonds is 5. The number of amides is 1. The number of likely N-dealkylation sites (tertiary alicyclic amines) is 1. The molecule has 1 aliphatic rings. The Balaban J connectivity index is 0.00000145. The maximum Gasteiger partial charge on any atom is 0.417 e. The highest BCUT2D eigenvalue weighted by molar-refractivity contribution is 5.97. The molecule has 0 aromatic heterocycles. The molecule has 9 heteroatoms. The highest BCUT2D eigenvalue weighted by Gasteiger charge is 2.43. The van der Waals surface area contributed by atoms with Gasteiger partial charge in [-0.15, -0.1) is 0 Å². The standard InChI is InChI=1S/C24H26F6N2O.C3H8/c1-15-13-17(23(25,26)27)14-18(24(28,29)30)19(15)21(33)31-20(16-9-5-4-6-10-16)22(2,3)32-11-7-8-12-32;1-3-2/h4-6,9-10,13-14,20H,7-8,11-12H2,1-3H3,(H,31,33);3H2,1-2H3. The summed E-state index contributed by atoms with van der Waals surface area (Å²) in [5.74, 6) is -1.06. The van der Waals surface area contributed by atoms with E-state index in [2.05, 4.69) is 24.1 Å². The van der Waals surface area contributed by atoms with E-state index in [1.807, 2.05) is 13.8 Å². The van der Waals surface area contributed by atoms with Gasteiger partial charge in [-0.1, -0.05) is 50.6 Å². The smallest absolute Gasteiger partial charge is 0.343 e. The molecule has 3 nitrogen and oxygen atoms in total. The van der Waals surface area contributed by atoms with E-state index in [4.69, 9.17) is 0 Å². The van der Waals surface area contributed by atoms with Gasteiger partial charge in [0.05, 0.1) is 22.7 Å². The lowest BCUT2D eigenvalue weighted by Gasteiger charge is -2.42. The summed E-state index contributed by atoms with van der Waals surface area (Å²) in [6, 6.07) is 8.75. The first-order valence-electron chi connectivity index (χ1n) is 12.0. The second-order valence-corrected chi connectivity index (χ2v) is 9.58. The summed E-state index contributed by atoms with van der Waals surface area (Å²) in [6.07, 6.45) is -6.92. The molecule has 36 heavy (non-hydrogen) atoms. The maximum absolute atomic E-state index is 13.7. The molecule has 3 rings (SSSR count). The van der Waals surface area contributed by atoms with Crippen molar-refractivity contribution in [3.05, 3.63) is 70.3 Å². The van der Waals surface area contributed by atoms with E-state index in [1.165, 1.54) is 6.42 Å².